The topological polar surface area (TPSA) is 18.5 Å². The summed E-state index contributed by atoms with van der Waals surface area (Å²) < 4.78 is 10.6. The number of rotatable bonds is 4. The maximum absolute atomic E-state index is 5.71. The lowest BCUT2D eigenvalue weighted by Crippen LogP contribution is -1.94. The zero-order chi connectivity index (χ0) is 14.8. The number of alkyl halides is 1. The largest absolute Gasteiger partial charge is 0.489 e. The van der Waals surface area contributed by atoms with Crippen LogP contribution in [-0.4, -0.2) is 13.2 Å². The van der Waals surface area contributed by atoms with Crippen molar-refractivity contribution in [1.29, 1.82) is 0 Å². The molecule has 0 atom stereocenters. The van der Waals surface area contributed by atoms with Crippen molar-refractivity contribution in [2.75, 3.05) is 13.2 Å². The van der Waals surface area contributed by atoms with Gasteiger partial charge in [-0.2, -0.15) is 0 Å². The van der Waals surface area contributed by atoms with E-state index in [1.807, 2.05) is 54.6 Å². The van der Waals surface area contributed by atoms with Gasteiger partial charge in [0.1, 0.15) is 12.4 Å². The zero-order valence-electron chi connectivity index (χ0n) is 12.1. The molecule has 0 radical (unpaired) electrons. The van der Waals surface area contributed by atoms with Gasteiger partial charge in [-0.25, -0.2) is 0 Å². The van der Waals surface area contributed by atoms with Gasteiger partial charge in [0.2, 0.25) is 0 Å². The summed E-state index contributed by atoms with van der Waals surface area (Å²) >= 11 is 5.71. The molecular formula is C18H21ClO2. The lowest BCUT2D eigenvalue weighted by Gasteiger charge is -2.06. The number of hydrogen-bond acceptors (Lipinski definition) is 2. The second-order valence-corrected chi connectivity index (χ2v) is 5.14. The second-order valence-electron chi connectivity index (χ2n) is 4.87. The fourth-order valence-corrected chi connectivity index (χ4v) is 2.10. The van der Waals surface area contributed by atoms with Crippen molar-refractivity contribution in [3.05, 3.63) is 65.7 Å². The summed E-state index contributed by atoms with van der Waals surface area (Å²) in [5, 5.41) is 0. The second kappa shape index (κ2) is 9.43. The van der Waals surface area contributed by atoms with Gasteiger partial charge in [0.15, 0.2) is 0 Å². The highest BCUT2D eigenvalue weighted by Gasteiger charge is 1.96. The summed E-state index contributed by atoms with van der Waals surface area (Å²) in [7, 11) is 0. The highest BCUT2D eigenvalue weighted by atomic mass is 35.5. The Morgan fingerprint density at radius 2 is 1.52 bits per heavy atom. The third-order valence-corrected chi connectivity index (χ3v) is 3.46. The van der Waals surface area contributed by atoms with Gasteiger partial charge < -0.3 is 9.47 Å². The quantitative estimate of drug-likeness (QED) is 0.755. The van der Waals surface area contributed by atoms with Gasteiger partial charge in [0.25, 0.3) is 0 Å². The first-order chi connectivity index (χ1) is 10.4. The summed E-state index contributed by atoms with van der Waals surface area (Å²) in [5.41, 5.74) is 2.28. The number of ether oxygens (including phenoxy) is 2. The molecule has 3 heteroatoms. The van der Waals surface area contributed by atoms with E-state index in [0.717, 1.165) is 24.5 Å². The molecule has 1 aliphatic heterocycles. The normalized spacial score (nSPS) is 13.4. The monoisotopic (exact) mass is 304 g/mol. The molecule has 0 spiro atoms. The Bertz CT molecular complexity index is 485. The molecule has 0 saturated carbocycles. The highest BCUT2D eigenvalue weighted by molar-refractivity contribution is 6.17. The molecule has 1 fully saturated rings. The van der Waals surface area contributed by atoms with Crippen molar-refractivity contribution in [2.24, 2.45) is 0 Å². The maximum Gasteiger partial charge on any atom is 0.119 e. The van der Waals surface area contributed by atoms with Crippen molar-refractivity contribution in [3.8, 4) is 5.75 Å². The smallest absolute Gasteiger partial charge is 0.119 e. The van der Waals surface area contributed by atoms with Crippen LogP contribution in [-0.2, 0) is 17.2 Å². The van der Waals surface area contributed by atoms with Gasteiger partial charge in [-0.1, -0.05) is 42.5 Å². The molecule has 0 aliphatic carbocycles. The lowest BCUT2D eigenvalue weighted by atomic mass is 10.2. The first kappa shape index (κ1) is 15.9. The van der Waals surface area contributed by atoms with Gasteiger partial charge in [0, 0.05) is 19.1 Å². The van der Waals surface area contributed by atoms with E-state index in [1.54, 1.807) is 0 Å². The number of hydrogen-bond donors (Lipinski definition) is 0. The fourth-order valence-electron chi connectivity index (χ4n) is 1.93. The molecular weight excluding hydrogens is 284 g/mol. The van der Waals surface area contributed by atoms with E-state index in [1.165, 1.54) is 18.4 Å². The Morgan fingerprint density at radius 3 is 2.05 bits per heavy atom. The molecule has 1 saturated heterocycles. The van der Waals surface area contributed by atoms with Crippen LogP contribution in [0.15, 0.2) is 54.6 Å². The van der Waals surface area contributed by atoms with Crippen LogP contribution in [0.3, 0.4) is 0 Å². The van der Waals surface area contributed by atoms with Gasteiger partial charge in [-0.15, -0.1) is 11.6 Å². The Kier molecular flexibility index (Phi) is 7.13. The zero-order valence-corrected chi connectivity index (χ0v) is 12.9. The van der Waals surface area contributed by atoms with E-state index >= 15 is 0 Å². The van der Waals surface area contributed by atoms with E-state index in [2.05, 4.69) is 0 Å². The van der Waals surface area contributed by atoms with Crippen molar-refractivity contribution in [1.82, 2.24) is 0 Å². The maximum atomic E-state index is 5.71. The van der Waals surface area contributed by atoms with Crippen LogP contribution in [0.1, 0.15) is 24.0 Å². The lowest BCUT2D eigenvalue weighted by molar-refractivity contribution is 0.198. The minimum Gasteiger partial charge on any atom is -0.489 e. The molecule has 0 amide bonds. The molecule has 1 aliphatic rings. The molecule has 0 unspecified atom stereocenters. The number of halogens is 1. The third kappa shape index (κ3) is 6.19. The van der Waals surface area contributed by atoms with Crippen LogP contribution in [0.2, 0.25) is 0 Å². The van der Waals surface area contributed by atoms with Crippen molar-refractivity contribution >= 4 is 11.6 Å². The van der Waals surface area contributed by atoms with Gasteiger partial charge in [-0.3, -0.25) is 0 Å². The SMILES string of the molecule is C1CCOC1.ClCc1ccc(OCc2ccccc2)cc1. The van der Waals surface area contributed by atoms with Gasteiger partial charge in [0.05, 0.1) is 0 Å². The third-order valence-electron chi connectivity index (χ3n) is 3.15. The summed E-state index contributed by atoms with van der Waals surface area (Å²) in [6, 6.07) is 18.0. The van der Waals surface area contributed by atoms with Crippen molar-refractivity contribution < 1.29 is 9.47 Å². The molecule has 21 heavy (non-hydrogen) atoms. The molecule has 112 valence electrons. The predicted octanol–water partition coefficient (Wildman–Crippen LogP) is 4.80. The average molecular weight is 305 g/mol. The van der Waals surface area contributed by atoms with Crippen molar-refractivity contribution in [2.45, 2.75) is 25.3 Å². The number of benzene rings is 2. The van der Waals surface area contributed by atoms with E-state index in [0.29, 0.717) is 12.5 Å². The Hall–Kier alpha value is -1.51. The van der Waals surface area contributed by atoms with Crippen LogP contribution < -0.4 is 4.74 Å². The van der Waals surface area contributed by atoms with Gasteiger partial charge >= 0.3 is 0 Å². The van der Waals surface area contributed by atoms with Crippen LogP contribution in [0.4, 0.5) is 0 Å². The van der Waals surface area contributed by atoms with E-state index in [-0.39, 0.29) is 0 Å². The van der Waals surface area contributed by atoms with E-state index in [4.69, 9.17) is 21.1 Å². The predicted molar refractivity (Wildman–Crippen MR) is 86.8 cm³/mol. The minimum atomic E-state index is 0.541. The highest BCUT2D eigenvalue weighted by Crippen LogP contribution is 2.15. The first-order valence-electron chi connectivity index (χ1n) is 7.28. The first-order valence-corrected chi connectivity index (χ1v) is 7.81. The minimum absolute atomic E-state index is 0.541. The summed E-state index contributed by atoms with van der Waals surface area (Å²) in [5.74, 6) is 1.41. The molecule has 0 aromatic heterocycles. The van der Waals surface area contributed by atoms with Crippen LogP contribution in [0, 0.1) is 0 Å². The Morgan fingerprint density at radius 1 is 0.857 bits per heavy atom. The van der Waals surface area contributed by atoms with Crippen LogP contribution in [0.5, 0.6) is 5.75 Å². The molecule has 2 aromatic carbocycles. The Balaban J connectivity index is 0.000000272. The molecule has 2 aromatic rings. The summed E-state index contributed by atoms with van der Waals surface area (Å²) in [4.78, 5) is 0. The van der Waals surface area contributed by atoms with Crippen LogP contribution in [0.25, 0.3) is 0 Å². The van der Waals surface area contributed by atoms with Crippen LogP contribution >= 0.6 is 11.6 Å². The molecule has 0 bridgehead atoms. The fraction of sp³-hybridized carbons (Fsp3) is 0.333. The van der Waals surface area contributed by atoms with Gasteiger partial charge in [-0.05, 0) is 36.1 Å². The van der Waals surface area contributed by atoms with Crippen molar-refractivity contribution in [3.63, 3.8) is 0 Å². The Labute approximate surface area is 131 Å². The molecule has 0 N–H and O–H groups in total. The molecule has 1 heterocycles. The summed E-state index contributed by atoms with van der Waals surface area (Å²) in [6.07, 6.45) is 2.56. The standard InChI is InChI=1S/C14H13ClO.C4H8O/c15-10-12-6-8-14(9-7-12)16-11-13-4-2-1-3-5-13;1-2-4-5-3-1/h1-9H,10-11H2;1-4H2. The molecule has 2 nitrogen and oxygen atoms in total. The van der Waals surface area contributed by atoms with E-state index < -0.39 is 0 Å². The van der Waals surface area contributed by atoms with E-state index in [9.17, 15) is 0 Å². The molecule has 3 rings (SSSR count). The average Bonchev–Trinajstić information content (AvgIpc) is 3.14. The summed E-state index contributed by atoms with van der Waals surface area (Å²) in [6.45, 7) is 2.60.